The van der Waals surface area contributed by atoms with Crippen molar-refractivity contribution in [3.63, 3.8) is 0 Å². The van der Waals surface area contributed by atoms with E-state index in [-0.39, 0.29) is 17.7 Å². The summed E-state index contributed by atoms with van der Waals surface area (Å²) in [6.07, 6.45) is 0. The monoisotopic (exact) mass is 451 g/mol. The van der Waals surface area contributed by atoms with Crippen LogP contribution in [0.25, 0.3) is 11.5 Å². The second-order valence-corrected chi connectivity index (χ2v) is 7.79. The number of amides is 1. The van der Waals surface area contributed by atoms with E-state index in [0.717, 1.165) is 15.6 Å². The van der Waals surface area contributed by atoms with Crippen molar-refractivity contribution in [3.8, 4) is 11.5 Å². The van der Waals surface area contributed by atoms with Gasteiger partial charge in [-0.15, -0.1) is 10.2 Å². The summed E-state index contributed by atoms with van der Waals surface area (Å²) in [7, 11) is 0. The number of aromatic nitrogens is 2. The van der Waals surface area contributed by atoms with Gasteiger partial charge in [-0.05, 0) is 48.9 Å². The number of hydrogen-bond donors (Lipinski definition) is 1. The Bertz CT molecular complexity index is 884. The number of nitrogens with one attached hydrogen (secondary N) is 1. The maximum absolute atomic E-state index is 12.1. The molecule has 1 amide bonds. The van der Waals surface area contributed by atoms with Crippen LogP contribution in [0, 0.1) is 0 Å². The van der Waals surface area contributed by atoms with Crippen LogP contribution in [0.1, 0.15) is 18.5 Å². The van der Waals surface area contributed by atoms with Gasteiger partial charge in [0.05, 0.1) is 11.8 Å². The molecule has 0 aliphatic rings. The first kappa shape index (κ1) is 18.9. The summed E-state index contributed by atoms with van der Waals surface area (Å²) in [4.78, 5) is 12.1. The van der Waals surface area contributed by atoms with Gasteiger partial charge in [0.2, 0.25) is 11.8 Å². The fourth-order valence-corrected chi connectivity index (χ4v) is 3.19. The fourth-order valence-electron chi connectivity index (χ4n) is 2.22. The molecule has 8 heteroatoms. The molecule has 3 aromatic rings. The zero-order valence-corrected chi connectivity index (χ0v) is 16.9. The summed E-state index contributed by atoms with van der Waals surface area (Å²) in [5.74, 6) is 0.493. The summed E-state index contributed by atoms with van der Waals surface area (Å²) in [6.45, 7) is 1.94. The van der Waals surface area contributed by atoms with E-state index in [9.17, 15) is 4.79 Å². The molecule has 1 N–H and O–H groups in total. The van der Waals surface area contributed by atoms with E-state index in [1.807, 2.05) is 31.2 Å². The normalized spacial score (nSPS) is 12.0. The van der Waals surface area contributed by atoms with E-state index >= 15 is 0 Å². The van der Waals surface area contributed by atoms with Gasteiger partial charge >= 0.3 is 0 Å². The smallest absolute Gasteiger partial charge is 0.277 e. The topological polar surface area (TPSA) is 68.0 Å². The zero-order chi connectivity index (χ0) is 18.5. The largest absolute Gasteiger partial charge is 0.411 e. The molecule has 0 saturated carbocycles. The highest BCUT2D eigenvalue weighted by molar-refractivity contribution is 9.10. The minimum absolute atomic E-state index is 0.0801. The average molecular weight is 453 g/mol. The molecule has 3 rings (SSSR count). The lowest BCUT2D eigenvalue weighted by atomic mass is 10.1. The molecular formula is C18H15BrClN3O2S. The molecule has 134 valence electrons. The number of rotatable bonds is 6. The van der Waals surface area contributed by atoms with Crippen molar-refractivity contribution in [2.75, 3.05) is 5.75 Å². The molecule has 0 aliphatic heterocycles. The zero-order valence-electron chi connectivity index (χ0n) is 13.8. The molecule has 2 aromatic carbocycles. The summed E-state index contributed by atoms with van der Waals surface area (Å²) >= 11 is 10.5. The molecule has 0 radical (unpaired) electrons. The first-order valence-electron chi connectivity index (χ1n) is 7.78. The number of hydrogen-bond acceptors (Lipinski definition) is 5. The molecule has 0 fully saturated rings. The Morgan fingerprint density at radius 3 is 2.58 bits per heavy atom. The Hall–Kier alpha value is -1.83. The maximum atomic E-state index is 12.1. The molecule has 0 aliphatic carbocycles. The molecule has 1 atom stereocenters. The minimum atomic E-state index is -0.100. The van der Waals surface area contributed by atoms with Crippen LogP contribution in [0.2, 0.25) is 5.02 Å². The average Bonchev–Trinajstić information content (AvgIpc) is 3.10. The van der Waals surface area contributed by atoms with Gasteiger partial charge < -0.3 is 9.73 Å². The highest BCUT2D eigenvalue weighted by atomic mass is 79.9. The van der Waals surface area contributed by atoms with Gasteiger partial charge in [0, 0.05) is 15.1 Å². The molecule has 0 saturated heterocycles. The third-order valence-electron chi connectivity index (χ3n) is 3.57. The number of nitrogens with zero attached hydrogens (tertiary/aromatic N) is 2. The van der Waals surface area contributed by atoms with Crippen molar-refractivity contribution in [3.05, 3.63) is 63.6 Å². The number of benzene rings is 2. The van der Waals surface area contributed by atoms with Gasteiger partial charge in [-0.2, -0.15) is 0 Å². The predicted octanol–water partition coefficient (Wildman–Crippen LogP) is 5.12. The molecule has 0 bridgehead atoms. The van der Waals surface area contributed by atoms with E-state index in [1.165, 1.54) is 11.8 Å². The maximum Gasteiger partial charge on any atom is 0.277 e. The van der Waals surface area contributed by atoms with Crippen LogP contribution in [0.4, 0.5) is 0 Å². The third kappa shape index (κ3) is 5.09. The Balaban J connectivity index is 1.53. The van der Waals surface area contributed by atoms with Crippen LogP contribution in [0.5, 0.6) is 0 Å². The summed E-state index contributed by atoms with van der Waals surface area (Å²) in [5.41, 5.74) is 1.82. The third-order valence-corrected chi connectivity index (χ3v) is 5.17. The van der Waals surface area contributed by atoms with E-state index in [1.54, 1.807) is 24.3 Å². The quantitative estimate of drug-likeness (QED) is 0.526. The van der Waals surface area contributed by atoms with Gasteiger partial charge in [0.25, 0.3) is 5.22 Å². The number of carbonyl (C=O) groups excluding carboxylic acids is 1. The fraction of sp³-hybridized carbons (Fsp3) is 0.167. The molecule has 1 heterocycles. The van der Waals surface area contributed by atoms with E-state index in [2.05, 4.69) is 31.4 Å². The van der Waals surface area contributed by atoms with Crippen molar-refractivity contribution >= 4 is 45.2 Å². The Morgan fingerprint density at radius 2 is 1.88 bits per heavy atom. The van der Waals surface area contributed by atoms with E-state index in [0.29, 0.717) is 16.1 Å². The van der Waals surface area contributed by atoms with E-state index in [4.69, 9.17) is 16.0 Å². The van der Waals surface area contributed by atoms with Crippen LogP contribution in [-0.4, -0.2) is 21.9 Å². The summed E-state index contributed by atoms with van der Waals surface area (Å²) in [5, 5.41) is 11.9. The molecule has 1 aromatic heterocycles. The van der Waals surface area contributed by atoms with E-state index < -0.39 is 0 Å². The summed E-state index contributed by atoms with van der Waals surface area (Å²) < 4.78 is 6.58. The number of halogens is 2. The Morgan fingerprint density at radius 1 is 1.19 bits per heavy atom. The lowest BCUT2D eigenvalue weighted by Gasteiger charge is -2.13. The van der Waals surface area contributed by atoms with Crippen LogP contribution >= 0.6 is 39.3 Å². The first-order chi connectivity index (χ1) is 12.5. The Kier molecular flexibility index (Phi) is 6.34. The minimum Gasteiger partial charge on any atom is -0.411 e. The van der Waals surface area contributed by atoms with Gasteiger partial charge in [0.15, 0.2) is 0 Å². The number of carbonyl (C=O) groups is 1. The lowest BCUT2D eigenvalue weighted by molar-refractivity contribution is -0.119. The highest BCUT2D eigenvalue weighted by Gasteiger charge is 2.13. The Labute approximate surface area is 168 Å². The molecule has 26 heavy (non-hydrogen) atoms. The van der Waals surface area contributed by atoms with Crippen LogP contribution in [-0.2, 0) is 4.79 Å². The van der Waals surface area contributed by atoms with Crippen molar-refractivity contribution in [1.82, 2.24) is 15.5 Å². The molecule has 1 unspecified atom stereocenters. The van der Waals surface area contributed by atoms with Crippen molar-refractivity contribution < 1.29 is 9.21 Å². The van der Waals surface area contributed by atoms with Crippen molar-refractivity contribution in [2.24, 2.45) is 0 Å². The first-order valence-corrected chi connectivity index (χ1v) is 9.94. The predicted molar refractivity (Wildman–Crippen MR) is 106 cm³/mol. The van der Waals surface area contributed by atoms with Gasteiger partial charge in [-0.25, -0.2) is 0 Å². The van der Waals surface area contributed by atoms with Crippen LogP contribution in [0.15, 0.2) is 62.6 Å². The van der Waals surface area contributed by atoms with Crippen LogP contribution in [0.3, 0.4) is 0 Å². The molecular weight excluding hydrogens is 438 g/mol. The molecule has 0 spiro atoms. The van der Waals surface area contributed by atoms with Gasteiger partial charge in [-0.3, -0.25) is 4.79 Å². The lowest BCUT2D eigenvalue weighted by Crippen LogP contribution is -2.28. The number of thioether (sulfide) groups is 1. The van der Waals surface area contributed by atoms with Gasteiger partial charge in [0.1, 0.15) is 0 Å². The summed E-state index contributed by atoms with van der Waals surface area (Å²) in [6, 6.07) is 14.9. The van der Waals surface area contributed by atoms with Crippen molar-refractivity contribution in [2.45, 2.75) is 18.2 Å². The second-order valence-electron chi connectivity index (χ2n) is 5.51. The standard InChI is InChI=1S/C18H15BrClN3O2S/c1-11(12-2-6-14(19)7-3-12)21-16(24)10-26-18-23-22-17(25-18)13-4-8-15(20)9-5-13/h2-9,11H,10H2,1H3,(H,21,24). The van der Waals surface area contributed by atoms with Gasteiger partial charge in [-0.1, -0.05) is 51.4 Å². The molecule has 5 nitrogen and oxygen atoms in total. The van der Waals surface area contributed by atoms with Crippen molar-refractivity contribution in [1.29, 1.82) is 0 Å². The SMILES string of the molecule is CC(NC(=O)CSc1nnc(-c2ccc(Cl)cc2)o1)c1ccc(Br)cc1. The second kappa shape index (κ2) is 8.70. The van der Waals surface area contributed by atoms with Crippen LogP contribution < -0.4 is 5.32 Å². The highest BCUT2D eigenvalue weighted by Crippen LogP contribution is 2.24.